The second-order valence-electron chi connectivity index (χ2n) is 5.06. The largest absolute Gasteiger partial charge is 0.365 e. The molecule has 106 valence electrons. The highest BCUT2D eigenvalue weighted by molar-refractivity contribution is 5.47. The average molecular weight is 282 g/mol. The summed E-state index contributed by atoms with van der Waals surface area (Å²) in [5.74, 6) is 1.06. The van der Waals surface area contributed by atoms with Gasteiger partial charge in [-0.25, -0.2) is 0 Å². The third-order valence-electron chi connectivity index (χ3n) is 3.55. The molecule has 21 heavy (non-hydrogen) atoms. The summed E-state index contributed by atoms with van der Waals surface area (Å²) in [4.78, 5) is 4.21. The quantitative estimate of drug-likeness (QED) is 0.722. The highest BCUT2D eigenvalue weighted by Crippen LogP contribution is 2.28. The Labute approximate surface area is 121 Å². The number of rotatable bonds is 2. The van der Waals surface area contributed by atoms with Crippen LogP contribution in [0.15, 0.2) is 40.9 Å². The van der Waals surface area contributed by atoms with Gasteiger partial charge in [0.05, 0.1) is 18.8 Å². The molecule has 0 spiro atoms. The highest BCUT2D eigenvalue weighted by atomic mass is 16.5. The molecule has 3 heterocycles. The minimum absolute atomic E-state index is 0.0240. The molecule has 3 aromatic rings. The van der Waals surface area contributed by atoms with Crippen LogP contribution in [0.3, 0.4) is 0 Å². The molecule has 0 aliphatic carbocycles. The van der Waals surface area contributed by atoms with Gasteiger partial charge >= 0.3 is 0 Å². The fraction of sp³-hybridized carbons (Fsp3) is 0.267. The first-order valence-corrected chi connectivity index (χ1v) is 6.83. The molecule has 0 saturated heterocycles. The molecule has 0 bridgehead atoms. The van der Waals surface area contributed by atoms with E-state index in [1.165, 1.54) is 0 Å². The fourth-order valence-electron chi connectivity index (χ4n) is 2.50. The van der Waals surface area contributed by atoms with E-state index in [4.69, 9.17) is 9.26 Å². The van der Waals surface area contributed by atoms with Crippen LogP contribution in [0.5, 0.6) is 0 Å². The molecule has 6 nitrogen and oxygen atoms in total. The van der Waals surface area contributed by atoms with Crippen molar-refractivity contribution in [2.45, 2.75) is 26.2 Å². The summed E-state index contributed by atoms with van der Waals surface area (Å²) in [7, 11) is 0. The van der Waals surface area contributed by atoms with E-state index in [0.29, 0.717) is 30.6 Å². The first-order chi connectivity index (χ1) is 10.3. The molecule has 0 unspecified atom stereocenters. The third kappa shape index (κ3) is 2.23. The maximum absolute atomic E-state index is 5.92. The molecule has 1 aromatic carbocycles. The number of benzene rings is 1. The van der Waals surface area contributed by atoms with Crippen molar-refractivity contribution < 1.29 is 9.26 Å². The average Bonchev–Trinajstić information content (AvgIpc) is 3.13. The Morgan fingerprint density at radius 2 is 2.10 bits per heavy atom. The van der Waals surface area contributed by atoms with E-state index in [-0.39, 0.29) is 6.10 Å². The van der Waals surface area contributed by atoms with Gasteiger partial charge in [-0.3, -0.25) is 4.68 Å². The smallest absolute Gasteiger partial charge is 0.278 e. The summed E-state index contributed by atoms with van der Waals surface area (Å²) >= 11 is 0. The second kappa shape index (κ2) is 4.82. The van der Waals surface area contributed by atoms with Crippen molar-refractivity contribution in [3.63, 3.8) is 0 Å². The summed E-state index contributed by atoms with van der Waals surface area (Å²) in [6.45, 7) is 3.00. The van der Waals surface area contributed by atoms with Crippen molar-refractivity contribution in [3.8, 4) is 11.6 Å². The molecule has 0 fully saturated rings. The normalized spacial score (nSPS) is 17.7. The van der Waals surface area contributed by atoms with Crippen LogP contribution >= 0.6 is 0 Å². The lowest BCUT2D eigenvalue weighted by molar-refractivity contribution is -0.00113. The van der Waals surface area contributed by atoms with E-state index in [0.717, 1.165) is 11.3 Å². The van der Waals surface area contributed by atoms with Crippen LogP contribution in [0, 0.1) is 6.92 Å². The Hall–Kier alpha value is -2.47. The van der Waals surface area contributed by atoms with Crippen molar-refractivity contribution in [2.75, 3.05) is 0 Å². The first kappa shape index (κ1) is 12.3. The molecule has 1 aliphatic rings. The second-order valence-corrected chi connectivity index (χ2v) is 5.06. The van der Waals surface area contributed by atoms with Crippen molar-refractivity contribution in [2.24, 2.45) is 0 Å². The van der Waals surface area contributed by atoms with Gasteiger partial charge in [-0.1, -0.05) is 35.5 Å². The number of fused-ring (bicyclic) bond motifs is 1. The number of ether oxygens (including phenoxy) is 1. The minimum atomic E-state index is 0.0240. The van der Waals surface area contributed by atoms with Crippen LogP contribution in [0.25, 0.3) is 11.6 Å². The molecule has 1 aliphatic heterocycles. The zero-order valence-corrected chi connectivity index (χ0v) is 11.6. The number of hydrogen-bond acceptors (Lipinski definition) is 5. The van der Waals surface area contributed by atoms with Crippen LogP contribution in [0.2, 0.25) is 0 Å². The molecule has 6 heteroatoms. The maximum atomic E-state index is 5.92. The summed E-state index contributed by atoms with van der Waals surface area (Å²) in [6.07, 6.45) is 0.0240. The minimum Gasteiger partial charge on any atom is -0.365 e. The molecular weight excluding hydrogens is 268 g/mol. The van der Waals surface area contributed by atoms with E-state index in [1.54, 1.807) is 6.92 Å². The summed E-state index contributed by atoms with van der Waals surface area (Å²) in [6, 6.07) is 12.1. The predicted octanol–water partition coefficient (Wildman–Crippen LogP) is 2.51. The van der Waals surface area contributed by atoms with E-state index in [2.05, 4.69) is 27.4 Å². The van der Waals surface area contributed by atoms with Gasteiger partial charge in [0.25, 0.3) is 5.89 Å². The van der Waals surface area contributed by atoms with Crippen LogP contribution in [-0.2, 0) is 17.9 Å². The lowest BCUT2D eigenvalue weighted by Crippen LogP contribution is -2.21. The Kier molecular flexibility index (Phi) is 2.82. The Morgan fingerprint density at radius 3 is 2.86 bits per heavy atom. The number of nitrogens with zero attached hydrogens (tertiary/aromatic N) is 4. The monoisotopic (exact) mass is 282 g/mol. The molecule has 2 aromatic heterocycles. The van der Waals surface area contributed by atoms with Gasteiger partial charge in [-0.15, -0.1) is 0 Å². The number of aryl methyl sites for hydroxylation is 1. The van der Waals surface area contributed by atoms with E-state index >= 15 is 0 Å². The van der Waals surface area contributed by atoms with Crippen LogP contribution in [-0.4, -0.2) is 19.9 Å². The molecule has 1 atom stereocenters. The van der Waals surface area contributed by atoms with Gasteiger partial charge < -0.3 is 9.26 Å². The molecule has 0 radical (unpaired) electrons. The zero-order valence-electron chi connectivity index (χ0n) is 11.6. The lowest BCUT2D eigenvalue weighted by Gasteiger charge is -2.24. The molecule has 4 rings (SSSR count). The third-order valence-corrected chi connectivity index (χ3v) is 3.55. The van der Waals surface area contributed by atoms with Crippen LogP contribution in [0.4, 0.5) is 0 Å². The Balaban J connectivity index is 1.63. The molecule has 0 saturated carbocycles. The van der Waals surface area contributed by atoms with E-state index in [1.807, 2.05) is 28.9 Å². The lowest BCUT2D eigenvalue weighted by atomic mass is 10.1. The van der Waals surface area contributed by atoms with Gasteiger partial charge in [-0.2, -0.15) is 10.1 Å². The number of hydrogen-bond donors (Lipinski definition) is 0. The van der Waals surface area contributed by atoms with Crippen molar-refractivity contribution in [3.05, 3.63) is 53.5 Å². The van der Waals surface area contributed by atoms with Crippen molar-refractivity contribution in [1.29, 1.82) is 0 Å². The first-order valence-electron chi connectivity index (χ1n) is 6.83. The zero-order chi connectivity index (χ0) is 14.2. The predicted molar refractivity (Wildman–Crippen MR) is 74.2 cm³/mol. The standard InChI is InChI=1S/C15H14N4O2/c1-10-16-15(21-18-10)13-7-12-9-20-14(8-19(12)17-13)11-5-3-2-4-6-11/h2-7,14H,8-9H2,1H3/t14-/m0/s1. The van der Waals surface area contributed by atoms with Crippen LogP contribution < -0.4 is 0 Å². The van der Waals surface area contributed by atoms with Gasteiger partial charge in [0, 0.05) is 0 Å². The number of aromatic nitrogens is 4. The van der Waals surface area contributed by atoms with Gasteiger partial charge in [0.15, 0.2) is 11.5 Å². The van der Waals surface area contributed by atoms with Crippen molar-refractivity contribution >= 4 is 0 Å². The van der Waals surface area contributed by atoms with Gasteiger partial charge in [0.1, 0.15) is 6.10 Å². The molecule has 0 amide bonds. The van der Waals surface area contributed by atoms with Gasteiger partial charge in [-0.05, 0) is 18.6 Å². The maximum Gasteiger partial charge on any atom is 0.278 e. The fourth-order valence-corrected chi connectivity index (χ4v) is 2.50. The topological polar surface area (TPSA) is 66.0 Å². The van der Waals surface area contributed by atoms with Crippen molar-refractivity contribution in [1.82, 2.24) is 19.9 Å². The summed E-state index contributed by atoms with van der Waals surface area (Å²) in [5, 5.41) is 8.35. The van der Waals surface area contributed by atoms with E-state index < -0.39 is 0 Å². The SMILES string of the molecule is Cc1noc(-c2cc3n(n2)C[C@@H](c2ccccc2)OC3)n1. The Morgan fingerprint density at radius 1 is 1.24 bits per heavy atom. The van der Waals surface area contributed by atoms with E-state index in [9.17, 15) is 0 Å². The van der Waals surface area contributed by atoms with Crippen LogP contribution in [0.1, 0.15) is 23.2 Å². The molecule has 0 N–H and O–H groups in total. The van der Waals surface area contributed by atoms with Gasteiger partial charge in [0.2, 0.25) is 0 Å². The Bertz CT molecular complexity index is 763. The highest BCUT2D eigenvalue weighted by Gasteiger charge is 2.23. The molecular formula is C15H14N4O2. The summed E-state index contributed by atoms with van der Waals surface area (Å²) in [5.41, 5.74) is 2.88. The summed E-state index contributed by atoms with van der Waals surface area (Å²) < 4.78 is 13.0.